The zero-order valence-electron chi connectivity index (χ0n) is 12.7. The minimum atomic E-state index is -0.745. The molecule has 1 amide bonds. The number of ether oxygens (including phenoxy) is 3. The molecular weight excluding hydrogens is 286 g/mol. The van der Waals surface area contributed by atoms with E-state index in [0.29, 0.717) is 6.42 Å². The average Bonchev–Trinajstić information content (AvgIpc) is 2.93. The quantitative estimate of drug-likeness (QED) is 0.886. The molecule has 2 aliphatic rings. The lowest BCUT2D eigenvalue weighted by Crippen LogP contribution is -2.43. The number of fused-ring (bicyclic) bond motifs is 1. The summed E-state index contributed by atoms with van der Waals surface area (Å²) in [5, 5.41) is 12.8. The van der Waals surface area contributed by atoms with Gasteiger partial charge in [0.15, 0.2) is 5.79 Å². The van der Waals surface area contributed by atoms with Crippen molar-refractivity contribution < 1.29 is 24.1 Å². The van der Waals surface area contributed by atoms with Crippen molar-refractivity contribution >= 4 is 6.09 Å². The fourth-order valence-electron chi connectivity index (χ4n) is 3.01. The molecule has 1 heterocycles. The first kappa shape index (κ1) is 15.3. The lowest BCUT2D eigenvalue weighted by Gasteiger charge is -2.22. The van der Waals surface area contributed by atoms with Crippen molar-refractivity contribution in [2.24, 2.45) is 0 Å². The lowest BCUT2D eigenvalue weighted by atomic mass is 10.2. The minimum absolute atomic E-state index is 0.207. The summed E-state index contributed by atoms with van der Waals surface area (Å²) in [4.78, 5) is 11.9. The summed E-state index contributed by atoms with van der Waals surface area (Å²) in [6.45, 7) is 3.80. The third-order valence-corrected chi connectivity index (χ3v) is 3.95. The molecule has 0 aromatic heterocycles. The Bertz CT molecular complexity index is 533. The van der Waals surface area contributed by atoms with E-state index in [4.69, 9.17) is 14.2 Å². The van der Waals surface area contributed by atoms with Gasteiger partial charge in [0.05, 0.1) is 12.1 Å². The van der Waals surface area contributed by atoms with Crippen LogP contribution in [0, 0.1) is 0 Å². The van der Waals surface area contributed by atoms with Gasteiger partial charge in [0.25, 0.3) is 0 Å². The molecule has 3 rings (SSSR count). The fraction of sp³-hybridized carbons (Fsp3) is 0.562. The van der Waals surface area contributed by atoms with Gasteiger partial charge >= 0.3 is 6.09 Å². The first-order chi connectivity index (χ1) is 10.4. The number of nitrogens with one attached hydrogen (secondary N) is 1. The molecule has 0 spiro atoms. The van der Waals surface area contributed by atoms with E-state index < -0.39 is 24.1 Å². The van der Waals surface area contributed by atoms with Crippen molar-refractivity contribution in [3.8, 4) is 0 Å². The molecule has 1 aliphatic heterocycles. The second-order valence-electron chi connectivity index (χ2n) is 6.18. The number of carbonyl (C=O) groups is 1. The molecule has 6 heteroatoms. The molecular formula is C16H21NO5. The Morgan fingerprint density at radius 2 is 2.00 bits per heavy atom. The van der Waals surface area contributed by atoms with Crippen molar-refractivity contribution in [2.75, 3.05) is 0 Å². The molecule has 1 saturated heterocycles. The maximum Gasteiger partial charge on any atom is 0.407 e. The Hall–Kier alpha value is -1.63. The zero-order valence-corrected chi connectivity index (χ0v) is 12.7. The summed E-state index contributed by atoms with van der Waals surface area (Å²) >= 11 is 0. The molecule has 0 bridgehead atoms. The normalized spacial score (nSPS) is 32.5. The first-order valence-corrected chi connectivity index (χ1v) is 7.45. The van der Waals surface area contributed by atoms with Gasteiger partial charge in [-0.25, -0.2) is 4.79 Å². The Labute approximate surface area is 129 Å². The molecule has 4 atom stereocenters. The minimum Gasteiger partial charge on any atom is -0.445 e. The Balaban J connectivity index is 1.53. The number of amides is 1. The molecule has 1 saturated carbocycles. The Morgan fingerprint density at radius 3 is 2.73 bits per heavy atom. The monoisotopic (exact) mass is 307 g/mol. The van der Waals surface area contributed by atoms with Gasteiger partial charge in [-0.3, -0.25) is 0 Å². The molecule has 1 unspecified atom stereocenters. The van der Waals surface area contributed by atoms with Crippen molar-refractivity contribution in [2.45, 2.75) is 57.0 Å². The van der Waals surface area contributed by atoms with Gasteiger partial charge in [0.2, 0.25) is 0 Å². The highest BCUT2D eigenvalue weighted by Crippen LogP contribution is 2.38. The highest BCUT2D eigenvalue weighted by atomic mass is 16.8. The number of benzene rings is 1. The van der Waals surface area contributed by atoms with E-state index in [1.54, 1.807) is 13.8 Å². The summed E-state index contributed by atoms with van der Waals surface area (Å²) in [6.07, 6.45) is -1.53. The van der Waals surface area contributed by atoms with Crippen molar-refractivity contribution in [1.29, 1.82) is 0 Å². The van der Waals surface area contributed by atoms with Crippen LogP contribution in [0.5, 0.6) is 0 Å². The maximum atomic E-state index is 11.9. The second-order valence-corrected chi connectivity index (χ2v) is 6.18. The van der Waals surface area contributed by atoms with E-state index in [0.717, 1.165) is 5.56 Å². The SMILES string of the molecule is CC1(C)OC2[C@H](NC(=O)OCc3ccccc3)C[C@H](O)[C@H]2O1. The van der Waals surface area contributed by atoms with Gasteiger partial charge in [-0.1, -0.05) is 30.3 Å². The molecule has 2 N–H and O–H groups in total. The highest BCUT2D eigenvalue weighted by molar-refractivity contribution is 5.67. The number of alkyl carbamates (subject to hydrolysis) is 1. The maximum absolute atomic E-state index is 11.9. The molecule has 6 nitrogen and oxygen atoms in total. The summed E-state index contributed by atoms with van der Waals surface area (Å²) < 4.78 is 16.6. The summed E-state index contributed by atoms with van der Waals surface area (Å²) in [5.74, 6) is -0.745. The van der Waals surface area contributed by atoms with Crippen LogP contribution in [0.15, 0.2) is 30.3 Å². The van der Waals surface area contributed by atoms with Crippen LogP contribution in [0.2, 0.25) is 0 Å². The second kappa shape index (κ2) is 5.87. The van der Waals surface area contributed by atoms with E-state index >= 15 is 0 Å². The lowest BCUT2D eigenvalue weighted by molar-refractivity contribution is -0.163. The Kier molecular flexibility index (Phi) is 4.08. The average molecular weight is 307 g/mol. The summed E-state index contributed by atoms with van der Waals surface area (Å²) in [5.41, 5.74) is 0.920. The highest BCUT2D eigenvalue weighted by Gasteiger charge is 2.54. The van der Waals surface area contributed by atoms with E-state index in [9.17, 15) is 9.90 Å². The van der Waals surface area contributed by atoms with Gasteiger partial charge in [0.1, 0.15) is 18.8 Å². The third-order valence-electron chi connectivity index (χ3n) is 3.95. The van der Waals surface area contributed by atoms with Crippen LogP contribution in [-0.4, -0.2) is 41.3 Å². The number of aliphatic hydroxyl groups is 1. The van der Waals surface area contributed by atoms with E-state index in [1.807, 2.05) is 30.3 Å². The van der Waals surface area contributed by atoms with Crippen LogP contribution in [0.25, 0.3) is 0 Å². The first-order valence-electron chi connectivity index (χ1n) is 7.45. The van der Waals surface area contributed by atoms with Crippen LogP contribution >= 0.6 is 0 Å². The third kappa shape index (κ3) is 3.24. The topological polar surface area (TPSA) is 77.0 Å². The Morgan fingerprint density at radius 1 is 1.32 bits per heavy atom. The van der Waals surface area contributed by atoms with Gasteiger partial charge in [-0.05, 0) is 25.8 Å². The van der Waals surface area contributed by atoms with Crippen LogP contribution in [-0.2, 0) is 20.8 Å². The van der Waals surface area contributed by atoms with E-state index in [1.165, 1.54) is 0 Å². The number of aliphatic hydroxyl groups excluding tert-OH is 1. The molecule has 1 aliphatic carbocycles. The number of carbonyl (C=O) groups excluding carboxylic acids is 1. The van der Waals surface area contributed by atoms with Crippen LogP contribution in [0.1, 0.15) is 25.8 Å². The molecule has 120 valence electrons. The fourth-order valence-corrected chi connectivity index (χ4v) is 3.01. The van der Waals surface area contributed by atoms with Crippen molar-refractivity contribution in [3.63, 3.8) is 0 Å². The van der Waals surface area contributed by atoms with Crippen molar-refractivity contribution in [3.05, 3.63) is 35.9 Å². The molecule has 22 heavy (non-hydrogen) atoms. The summed E-state index contributed by atoms with van der Waals surface area (Å²) in [6, 6.07) is 9.15. The van der Waals surface area contributed by atoms with E-state index in [-0.39, 0.29) is 18.8 Å². The predicted octanol–water partition coefficient (Wildman–Crippen LogP) is 1.57. The van der Waals surface area contributed by atoms with Crippen LogP contribution in [0.4, 0.5) is 4.79 Å². The standard InChI is InChI=1S/C16H21NO5/c1-16(2)21-13-11(8-12(18)14(13)22-16)17-15(19)20-9-10-6-4-3-5-7-10/h3-7,11-14,18H,8-9H2,1-2H3,(H,17,19)/t11-,12+,13?,14-/m1/s1. The van der Waals surface area contributed by atoms with Crippen molar-refractivity contribution in [1.82, 2.24) is 5.32 Å². The predicted molar refractivity (Wildman–Crippen MR) is 78.0 cm³/mol. The van der Waals surface area contributed by atoms with Gasteiger partial charge in [-0.15, -0.1) is 0 Å². The molecule has 1 aromatic rings. The number of rotatable bonds is 3. The van der Waals surface area contributed by atoms with Gasteiger partial charge < -0.3 is 24.6 Å². The number of hydrogen-bond acceptors (Lipinski definition) is 5. The summed E-state index contributed by atoms with van der Waals surface area (Å²) in [7, 11) is 0. The molecule has 1 aromatic carbocycles. The zero-order chi connectivity index (χ0) is 15.7. The van der Waals surface area contributed by atoms with E-state index in [2.05, 4.69) is 5.32 Å². The number of hydrogen-bond donors (Lipinski definition) is 2. The van der Waals surface area contributed by atoms with Crippen LogP contribution in [0.3, 0.4) is 0 Å². The molecule has 2 fully saturated rings. The smallest absolute Gasteiger partial charge is 0.407 e. The van der Waals surface area contributed by atoms with Crippen LogP contribution < -0.4 is 5.32 Å². The molecule has 0 radical (unpaired) electrons. The van der Waals surface area contributed by atoms with Gasteiger partial charge in [-0.2, -0.15) is 0 Å². The van der Waals surface area contributed by atoms with Gasteiger partial charge in [0, 0.05) is 0 Å². The largest absolute Gasteiger partial charge is 0.445 e.